The summed E-state index contributed by atoms with van der Waals surface area (Å²) in [5.41, 5.74) is 7.27. The second-order valence-electron chi connectivity index (χ2n) is 4.18. The Balaban J connectivity index is 2.23. The maximum Gasteiger partial charge on any atom is 0.148 e. The fourth-order valence-electron chi connectivity index (χ4n) is 1.72. The van der Waals surface area contributed by atoms with Crippen molar-refractivity contribution in [1.29, 1.82) is 0 Å². The number of hydrogen-bond acceptors (Lipinski definition) is 3. The highest BCUT2D eigenvalue weighted by Crippen LogP contribution is 2.30. The highest BCUT2D eigenvalue weighted by atomic mass is 32.1. The Hall–Kier alpha value is -1.32. The van der Waals surface area contributed by atoms with Crippen molar-refractivity contribution in [2.75, 3.05) is 0 Å². The summed E-state index contributed by atoms with van der Waals surface area (Å²) >= 11 is 1.70. The number of hydrogen-bond donors (Lipinski definition) is 1. The summed E-state index contributed by atoms with van der Waals surface area (Å²) in [6, 6.07) is 11.9. The second kappa shape index (κ2) is 5.34. The van der Waals surface area contributed by atoms with E-state index in [1.807, 2.05) is 37.3 Å². The van der Waals surface area contributed by atoms with Crippen LogP contribution in [0.2, 0.25) is 0 Å². The van der Waals surface area contributed by atoms with Gasteiger partial charge in [0, 0.05) is 10.9 Å². The zero-order chi connectivity index (χ0) is 12.3. The van der Waals surface area contributed by atoms with Crippen LogP contribution in [0.15, 0.2) is 41.8 Å². The van der Waals surface area contributed by atoms with Crippen molar-refractivity contribution in [2.24, 2.45) is 5.73 Å². The number of thiophene rings is 1. The minimum Gasteiger partial charge on any atom is -0.483 e. The van der Waals surface area contributed by atoms with Crippen LogP contribution in [0.4, 0.5) is 0 Å². The summed E-state index contributed by atoms with van der Waals surface area (Å²) in [5.74, 6) is 0.864. The third-order valence-corrected chi connectivity index (χ3v) is 3.72. The van der Waals surface area contributed by atoms with Crippen LogP contribution < -0.4 is 10.5 Å². The summed E-state index contributed by atoms with van der Waals surface area (Å²) in [7, 11) is 0. The minimum atomic E-state index is -0.0719. The molecule has 17 heavy (non-hydrogen) atoms. The normalized spacial score (nSPS) is 14.3. The third kappa shape index (κ3) is 2.87. The molecule has 0 spiro atoms. The molecule has 2 unspecified atom stereocenters. The van der Waals surface area contributed by atoms with Gasteiger partial charge in [0.15, 0.2) is 0 Å². The lowest BCUT2D eigenvalue weighted by molar-refractivity contribution is 0.183. The maximum absolute atomic E-state index is 6.03. The second-order valence-corrected chi connectivity index (χ2v) is 5.13. The highest BCUT2D eigenvalue weighted by molar-refractivity contribution is 7.10. The number of nitrogens with two attached hydrogens (primary N) is 1. The van der Waals surface area contributed by atoms with Gasteiger partial charge in [-0.25, -0.2) is 0 Å². The number of para-hydroxylation sites is 1. The predicted molar refractivity (Wildman–Crippen MR) is 72.5 cm³/mol. The largest absolute Gasteiger partial charge is 0.483 e. The van der Waals surface area contributed by atoms with E-state index in [-0.39, 0.29) is 12.1 Å². The molecule has 0 aliphatic heterocycles. The Labute approximate surface area is 106 Å². The standard InChI is InChI=1S/C14H17NOS/c1-10-8-9-17-14(10)13(11(2)15)16-12-6-4-3-5-7-12/h3-9,11,13H,15H2,1-2H3. The van der Waals surface area contributed by atoms with Crippen LogP contribution in [-0.4, -0.2) is 6.04 Å². The predicted octanol–water partition coefficient (Wildman–Crippen LogP) is 3.52. The zero-order valence-corrected chi connectivity index (χ0v) is 10.9. The summed E-state index contributed by atoms with van der Waals surface area (Å²) in [6.07, 6.45) is -0.0719. The fourth-order valence-corrected chi connectivity index (χ4v) is 2.79. The van der Waals surface area contributed by atoms with Gasteiger partial charge in [0.2, 0.25) is 0 Å². The molecule has 0 bridgehead atoms. The molecule has 0 amide bonds. The molecule has 0 aliphatic rings. The van der Waals surface area contributed by atoms with Gasteiger partial charge in [-0.15, -0.1) is 11.3 Å². The van der Waals surface area contributed by atoms with Crippen molar-refractivity contribution in [1.82, 2.24) is 0 Å². The quantitative estimate of drug-likeness (QED) is 0.897. The van der Waals surface area contributed by atoms with Crippen LogP contribution in [0.5, 0.6) is 5.75 Å². The van der Waals surface area contributed by atoms with Crippen molar-refractivity contribution in [3.63, 3.8) is 0 Å². The first-order valence-corrected chi connectivity index (χ1v) is 6.57. The molecule has 2 N–H and O–H groups in total. The first kappa shape index (κ1) is 12.1. The Morgan fingerprint density at radius 1 is 1.18 bits per heavy atom. The summed E-state index contributed by atoms with van der Waals surface area (Å²) in [4.78, 5) is 1.21. The third-order valence-electron chi connectivity index (χ3n) is 2.64. The van der Waals surface area contributed by atoms with E-state index in [2.05, 4.69) is 18.4 Å². The first-order valence-electron chi connectivity index (χ1n) is 5.70. The van der Waals surface area contributed by atoms with Gasteiger partial charge < -0.3 is 10.5 Å². The number of ether oxygens (including phenoxy) is 1. The molecule has 0 saturated heterocycles. The van der Waals surface area contributed by atoms with Gasteiger partial charge in [0.05, 0.1) is 0 Å². The molecule has 0 saturated carbocycles. The van der Waals surface area contributed by atoms with Gasteiger partial charge in [0.25, 0.3) is 0 Å². The van der Waals surface area contributed by atoms with Crippen LogP contribution >= 0.6 is 11.3 Å². The average molecular weight is 247 g/mol. The molecule has 3 heteroatoms. The topological polar surface area (TPSA) is 35.2 Å². The molecule has 1 aromatic heterocycles. The molecule has 0 fully saturated rings. The van der Waals surface area contributed by atoms with Crippen molar-refractivity contribution >= 4 is 11.3 Å². The van der Waals surface area contributed by atoms with Crippen LogP contribution in [-0.2, 0) is 0 Å². The van der Waals surface area contributed by atoms with Crippen LogP contribution in [0.25, 0.3) is 0 Å². The van der Waals surface area contributed by atoms with E-state index in [9.17, 15) is 0 Å². The molecule has 2 atom stereocenters. The van der Waals surface area contributed by atoms with E-state index >= 15 is 0 Å². The monoisotopic (exact) mass is 247 g/mol. The molecule has 90 valence electrons. The Morgan fingerprint density at radius 2 is 1.88 bits per heavy atom. The lowest BCUT2D eigenvalue weighted by Crippen LogP contribution is -2.28. The number of benzene rings is 1. The van der Waals surface area contributed by atoms with Crippen molar-refractivity contribution in [3.05, 3.63) is 52.2 Å². The molecular weight excluding hydrogens is 230 g/mol. The van der Waals surface area contributed by atoms with Gasteiger partial charge in [0.1, 0.15) is 11.9 Å². The van der Waals surface area contributed by atoms with Gasteiger partial charge in [-0.1, -0.05) is 18.2 Å². The summed E-state index contributed by atoms with van der Waals surface area (Å²) < 4.78 is 5.99. The number of aryl methyl sites for hydroxylation is 1. The summed E-state index contributed by atoms with van der Waals surface area (Å²) in [6.45, 7) is 4.07. The molecule has 1 heterocycles. The number of rotatable bonds is 4. The smallest absolute Gasteiger partial charge is 0.148 e. The van der Waals surface area contributed by atoms with E-state index in [0.717, 1.165) is 5.75 Å². The minimum absolute atomic E-state index is 0.0347. The SMILES string of the molecule is Cc1ccsc1C(Oc1ccccc1)C(C)N. The van der Waals surface area contributed by atoms with Crippen LogP contribution in [0.1, 0.15) is 23.5 Å². The summed E-state index contributed by atoms with van der Waals surface area (Å²) in [5, 5.41) is 2.08. The van der Waals surface area contributed by atoms with E-state index < -0.39 is 0 Å². The Bertz CT molecular complexity index is 464. The molecule has 0 aliphatic carbocycles. The van der Waals surface area contributed by atoms with Gasteiger partial charge >= 0.3 is 0 Å². The van der Waals surface area contributed by atoms with Gasteiger partial charge in [-0.05, 0) is 43.0 Å². The van der Waals surface area contributed by atoms with Gasteiger partial charge in [-0.2, -0.15) is 0 Å². The highest BCUT2D eigenvalue weighted by Gasteiger charge is 2.21. The Kier molecular flexibility index (Phi) is 3.82. The van der Waals surface area contributed by atoms with Crippen LogP contribution in [0.3, 0.4) is 0 Å². The molecule has 2 nitrogen and oxygen atoms in total. The first-order chi connectivity index (χ1) is 8.18. The van der Waals surface area contributed by atoms with E-state index in [4.69, 9.17) is 10.5 Å². The van der Waals surface area contributed by atoms with Gasteiger partial charge in [-0.3, -0.25) is 0 Å². The molecule has 0 radical (unpaired) electrons. The van der Waals surface area contributed by atoms with Crippen molar-refractivity contribution in [3.8, 4) is 5.75 Å². The fraction of sp³-hybridized carbons (Fsp3) is 0.286. The van der Waals surface area contributed by atoms with E-state index in [1.54, 1.807) is 11.3 Å². The average Bonchev–Trinajstić information content (AvgIpc) is 2.73. The molecule has 2 aromatic rings. The molecular formula is C14H17NOS. The lowest BCUT2D eigenvalue weighted by Gasteiger charge is -2.22. The lowest BCUT2D eigenvalue weighted by atomic mass is 10.1. The van der Waals surface area contributed by atoms with E-state index in [1.165, 1.54) is 10.4 Å². The van der Waals surface area contributed by atoms with Crippen LogP contribution in [0, 0.1) is 6.92 Å². The van der Waals surface area contributed by atoms with Crippen molar-refractivity contribution in [2.45, 2.75) is 26.0 Å². The maximum atomic E-state index is 6.03. The Morgan fingerprint density at radius 3 is 2.41 bits per heavy atom. The molecule has 1 aromatic carbocycles. The zero-order valence-electron chi connectivity index (χ0n) is 10.1. The van der Waals surface area contributed by atoms with Crippen molar-refractivity contribution < 1.29 is 4.74 Å². The molecule has 2 rings (SSSR count). The van der Waals surface area contributed by atoms with E-state index in [0.29, 0.717) is 0 Å².